The first-order valence-corrected chi connectivity index (χ1v) is 5.74. The monoisotopic (exact) mass is 251 g/mol. The van der Waals surface area contributed by atoms with Gasteiger partial charge in [0, 0.05) is 44.2 Å². The number of halogens is 1. The minimum atomic E-state index is 0.259. The lowest BCUT2D eigenvalue weighted by molar-refractivity contribution is 0.788. The van der Waals surface area contributed by atoms with Gasteiger partial charge in [0.1, 0.15) is 11.6 Å². The molecule has 0 bridgehead atoms. The van der Waals surface area contributed by atoms with Crippen molar-refractivity contribution in [1.82, 2.24) is 19.5 Å². The fraction of sp³-hybridized carbons (Fsp3) is 0.364. The second-order valence-electron chi connectivity index (χ2n) is 3.80. The molecule has 0 spiro atoms. The summed E-state index contributed by atoms with van der Waals surface area (Å²) in [7, 11) is 1.98. The standard InChI is InChI=1S/C11H14ClN5/c1-8-7-15-11(12)16-10(8)14-4-3-9-13-5-6-17(9)2/h5-7H,3-4H2,1-2H3,(H,14,15,16). The van der Waals surface area contributed by atoms with Gasteiger partial charge in [-0.2, -0.15) is 0 Å². The summed E-state index contributed by atoms with van der Waals surface area (Å²) in [4.78, 5) is 12.3. The van der Waals surface area contributed by atoms with Gasteiger partial charge in [0.2, 0.25) is 5.28 Å². The summed E-state index contributed by atoms with van der Waals surface area (Å²) in [5.74, 6) is 1.81. The lowest BCUT2D eigenvalue weighted by atomic mass is 10.3. The molecule has 0 atom stereocenters. The second kappa shape index (κ2) is 5.14. The van der Waals surface area contributed by atoms with Crippen molar-refractivity contribution in [1.29, 1.82) is 0 Å². The third-order valence-electron chi connectivity index (χ3n) is 2.50. The Morgan fingerprint density at radius 2 is 2.24 bits per heavy atom. The Balaban J connectivity index is 1.94. The van der Waals surface area contributed by atoms with E-state index in [0.717, 1.165) is 30.2 Å². The molecule has 0 fully saturated rings. The molecular formula is C11H14ClN5. The molecule has 2 aromatic rings. The first-order valence-electron chi connectivity index (χ1n) is 5.36. The summed E-state index contributed by atoms with van der Waals surface area (Å²) in [5.41, 5.74) is 0.981. The van der Waals surface area contributed by atoms with E-state index in [-0.39, 0.29) is 5.28 Å². The molecule has 5 nitrogen and oxygen atoms in total. The average molecular weight is 252 g/mol. The average Bonchev–Trinajstić information content (AvgIpc) is 2.70. The first kappa shape index (κ1) is 11.9. The fourth-order valence-corrected chi connectivity index (χ4v) is 1.66. The van der Waals surface area contributed by atoms with E-state index < -0.39 is 0 Å². The molecule has 6 heteroatoms. The van der Waals surface area contributed by atoms with Crippen molar-refractivity contribution >= 4 is 17.4 Å². The first-order chi connectivity index (χ1) is 8.16. The maximum atomic E-state index is 5.74. The predicted octanol–water partition coefficient (Wildman–Crippen LogP) is 1.83. The molecule has 0 amide bonds. The molecule has 0 saturated carbocycles. The summed E-state index contributed by atoms with van der Waals surface area (Å²) < 4.78 is 2.00. The third kappa shape index (κ3) is 2.94. The Morgan fingerprint density at radius 3 is 2.94 bits per heavy atom. The van der Waals surface area contributed by atoms with Gasteiger partial charge in [-0.1, -0.05) is 0 Å². The molecular weight excluding hydrogens is 238 g/mol. The Kier molecular flexibility index (Phi) is 3.58. The van der Waals surface area contributed by atoms with Crippen LogP contribution in [0.4, 0.5) is 5.82 Å². The quantitative estimate of drug-likeness (QED) is 0.843. The molecule has 17 heavy (non-hydrogen) atoms. The minimum absolute atomic E-state index is 0.259. The van der Waals surface area contributed by atoms with Gasteiger partial charge in [-0.05, 0) is 18.5 Å². The molecule has 2 heterocycles. The normalized spacial score (nSPS) is 10.5. The molecule has 90 valence electrons. The highest BCUT2D eigenvalue weighted by Crippen LogP contribution is 2.12. The van der Waals surface area contributed by atoms with Crippen LogP contribution in [0.3, 0.4) is 0 Å². The number of imidazole rings is 1. The molecule has 2 aromatic heterocycles. The molecule has 0 aliphatic rings. The molecule has 0 aliphatic heterocycles. The molecule has 2 rings (SSSR count). The highest BCUT2D eigenvalue weighted by Gasteiger charge is 2.03. The molecule has 0 unspecified atom stereocenters. The summed E-state index contributed by atoms with van der Waals surface area (Å²) in [6.45, 7) is 2.71. The van der Waals surface area contributed by atoms with Gasteiger partial charge in [-0.25, -0.2) is 15.0 Å². The number of hydrogen-bond acceptors (Lipinski definition) is 4. The third-order valence-corrected chi connectivity index (χ3v) is 2.69. The molecule has 1 N–H and O–H groups in total. The van der Waals surface area contributed by atoms with E-state index in [4.69, 9.17) is 11.6 Å². The Bertz CT molecular complexity index is 508. The van der Waals surface area contributed by atoms with E-state index in [0.29, 0.717) is 0 Å². The number of nitrogens with one attached hydrogen (secondary N) is 1. The van der Waals surface area contributed by atoms with Crippen LogP contribution in [0.5, 0.6) is 0 Å². The number of nitrogens with zero attached hydrogens (tertiary/aromatic N) is 4. The Labute approximate surface area is 105 Å². The van der Waals surface area contributed by atoms with Crippen LogP contribution in [0.2, 0.25) is 5.28 Å². The second-order valence-corrected chi connectivity index (χ2v) is 4.14. The maximum absolute atomic E-state index is 5.74. The molecule has 0 saturated heterocycles. The zero-order chi connectivity index (χ0) is 12.3. The molecule has 0 aliphatic carbocycles. The number of anilines is 1. The van der Waals surface area contributed by atoms with Crippen molar-refractivity contribution in [3.05, 3.63) is 35.3 Å². The van der Waals surface area contributed by atoms with E-state index in [1.807, 2.05) is 24.7 Å². The lowest BCUT2D eigenvalue weighted by Crippen LogP contribution is -2.10. The lowest BCUT2D eigenvalue weighted by Gasteiger charge is -2.08. The van der Waals surface area contributed by atoms with Crippen LogP contribution in [0, 0.1) is 6.92 Å². The number of aromatic nitrogens is 4. The topological polar surface area (TPSA) is 55.6 Å². The van der Waals surface area contributed by atoms with E-state index in [2.05, 4.69) is 20.3 Å². The number of rotatable bonds is 4. The highest BCUT2D eigenvalue weighted by atomic mass is 35.5. The van der Waals surface area contributed by atoms with Crippen molar-refractivity contribution in [2.45, 2.75) is 13.3 Å². The summed E-state index contributed by atoms with van der Waals surface area (Å²) in [6, 6.07) is 0. The van der Waals surface area contributed by atoms with Gasteiger partial charge in [0.25, 0.3) is 0 Å². The highest BCUT2D eigenvalue weighted by molar-refractivity contribution is 6.28. The van der Waals surface area contributed by atoms with E-state index >= 15 is 0 Å². The summed E-state index contributed by atoms with van der Waals surface area (Å²) >= 11 is 5.74. The van der Waals surface area contributed by atoms with Crippen LogP contribution in [0.25, 0.3) is 0 Å². The van der Waals surface area contributed by atoms with Crippen molar-refractivity contribution in [3.63, 3.8) is 0 Å². The Hall–Kier alpha value is -1.62. The van der Waals surface area contributed by atoms with Gasteiger partial charge >= 0.3 is 0 Å². The smallest absolute Gasteiger partial charge is 0.224 e. The van der Waals surface area contributed by atoms with Crippen LogP contribution >= 0.6 is 11.6 Å². The van der Waals surface area contributed by atoms with Gasteiger partial charge < -0.3 is 9.88 Å². The van der Waals surface area contributed by atoms with Crippen molar-refractivity contribution in [2.75, 3.05) is 11.9 Å². The van der Waals surface area contributed by atoms with Gasteiger partial charge in [-0.15, -0.1) is 0 Å². The van der Waals surface area contributed by atoms with E-state index in [1.165, 1.54) is 0 Å². The van der Waals surface area contributed by atoms with E-state index in [1.54, 1.807) is 12.4 Å². The fourth-order valence-electron chi connectivity index (χ4n) is 1.53. The Morgan fingerprint density at radius 1 is 1.41 bits per heavy atom. The number of hydrogen-bond donors (Lipinski definition) is 1. The van der Waals surface area contributed by atoms with Gasteiger partial charge in [0.05, 0.1) is 0 Å². The van der Waals surface area contributed by atoms with Crippen LogP contribution in [-0.2, 0) is 13.5 Å². The maximum Gasteiger partial charge on any atom is 0.224 e. The summed E-state index contributed by atoms with van der Waals surface area (Å²) in [5, 5.41) is 3.49. The number of aryl methyl sites for hydroxylation is 2. The molecule has 0 radical (unpaired) electrons. The van der Waals surface area contributed by atoms with Gasteiger partial charge in [-0.3, -0.25) is 0 Å². The minimum Gasteiger partial charge on any atom is -0.369 e. The SMILES string of the molecule is Cc1cnc(Cl)nc1NCCc1nccn1C. The van der Waals surface area contributed by atoms with Crippen LogP contribution in [0.15, 0.2) is 18.6 Å². The van der Waals surface area contributed by atoms with Crippen LogP contribution in [0.1, 0.15) is 11.4 Å². The largest absolute Gasteiger partial charge is 0.369 e. The van der Waals surface area contributed by atoms with Crippen molar-refractivity contribution in [2.24, 2.45) is 7.05 Å². The van der Waals surface area contributed by atoms with Crippen LogP contribution in [-0.4, -0.2) is 26.1 Å². The zero-order valence-corrected chi connectivity index (χ0v) is 10.6. The van der Waals surface area contributed by atoms with Gasteiger partial charge in [0.15, 0.2) is 0 Å². The van der Waals surface area contributed by atoms with Crippen LogP contribution < -0.4 is 5.32 Å². The van der Waals surface area contributed by atoms with E-state index in [9.17, 15) is 0 Å². The van der Waals surface area contributed by atoms with Crippen molar-refractivity contribution in [3.8, 4) is 0 Å². The predicted molar refractivity (Wildman–Crippen MR) is 67.2 cm³/mol. The molecule has 0 aromatic carbocycles. The zero-order valence-electron chi connectivity index (χ0n) is 9.81. The van der Waals surface area contributed by atoms with Crippen molar-refractivity contribution < 1.29 is 0 Å². The summed E-state index contributed by atoms with van der Waals surface area (Å²) in [6.07, 6.45) is 6.27.